The predicted octanol–water partition coefficient (Wildman–Crippen LogP) is 1.86. The van der Waals surface area contributed by atoms with Crippen LogP contribution in [0.2, 0.25) is 0 Å². The lowest BCUT2D eigenvalue weighted by atomic mass is 9.93. The highest BCUT2D eigenvalue weighted by Gasteiger charge is 2.30. The Morgan fingerprint density at radius 2 is 2.17 bits per heavy atom. The minimum absolute atomic E-state index is 0.0743. The first kappa shape index (κ1) is 12.7. The number of amides is 1. The number of nitrogens with one attached hydrogen (secondary N) is 1. The van der Waals surface area contributed by atoms with Gasteiger partial charge in [0.15, 0.2) is 0 Å². The molecule has 1 amide bonds. The van der Waals surface area contributed by atoms with Crippen LogP contribution >= 0.6 is 0 Å². The second kappa shape index (κ2) is 4.52. The van der Waals surface area contributed by atoms with Crippen LogP contribution in [0.4, 0.5) is 11.4 Å². The third-order valence-electron chi connectivity index (χ3n) is 3.54. The summed E-state index contributed by atoms with van der Waals surface area (Å²) in [6, 6.07) is 5.46. The Kier molecular flexibility index (Phi) is 3.20. The molecule has 4 heteroatoms. The number of nitrogens with zero attached hydrogens (tertiary/aromatic N) is 1. The van der Waals surface area contributed by atoms with Crippen LogP contribution in [-0.2, 0) is 0 Å². The minimum atomic E-state index is -0.0743. The first-order chi connectivity index (χ1) is 8.43. The van der Waals surface area contributed by atoms with Crippen molar-refractivity contribution in [2.45, 2.75) is 20.3 Å². The summed E-state index contributed by atoms with van der Waals surface area (Å²) < 4.78 is 0. The Bertz CT molecular complexity index is 468. The number of carbonyl (C=O) groups excluding carboxylic acids is 1. The van der Waals surface area contributed by atoms with E-state index in [1.165, 1.54) is 0 Å². The van der Waals surface area contributed by atoms with Gasteiger partial charge in [0.2, 0.25) is 0 Å². The normalized spacial score (nSPS) is 17.8. The molecule has 18 heavy (non-hydrogen) atoms. The number of benzene rings is 1. The van der Waals surface area contributed by atoms with E-state index < -0.39 is 0 Å². The van der Waals surface area contributed by atoms with Crippen LogP contribution in [-0.4, -0.2) is 26.0 Å². The number of anilines is 2. The Hall–Kier alpha value is -1.71. The average Bonchev–Trinajstić information content (AvgIpc) is 2.69. The molecule has 0 saturated carbocycles. The van der Waals surface area contributed by atoms with E-state index in [0.717, 1.165) is 30.9 Å². The van der Waals surface area contributed by atoms with Crippen molar-refractivity contribution in [1.82, 2.24) is 5.32 Å². The molecule has 0 bridgehead atoms. The summed E-state index contributed by atoms with van der Waals surface area (Å²) in [6.45, 7) is 6.49. The van der Waals surface area contributed by atoms with Crippen molar-refractivity contribution in [2.24, 2.45) is 5.41 Å². The molecule has 0 spiro atoms. The molecule has 0 aromatic heterocycles. The highest BCUT2D eigenvalue weighted by molar-refractivity contribution is 5.96. The lowest BCUT2D eigenvalue weighted by Gasteiger charge is -2.23. The second-order valence-electron chi connectivity index (χ2n) is 5.69. The molecule has 0 atom stereocenters. The number of nitrogens with two attached hydrogens (primary N) is 1. The summed E-state index contributed by atoms with van der Waals surface area (Å²) in [4.78, 5) is 13.9. The second-order valence-corrected chi connectivity index (χ2v) is 5.69. The maximum absolute atomic E-state index is 11.6. The van der Waals surface area contributed by atoms with Crippen molar-refractivity contribution in [3.05, 3.63) is 23.8 Å². The molecular weight excluding hydrogens is 226 g/mol. The van der Waals surface area contributed by atoms with Crippen molar-refractivity contribution in [2.75, 3.05) is 30.8 Å². The van der Waals surface area contributed by atoms with Crippen LogP contribution in [0.5, 0.6) is 0 Å². The van der Waals surface area contributed by atoms with Crippen LogP contribution in [0.1, 0.15) is 30.6 Å². The fourth-order valence-corrected chi connectivity index (χ4v) is 2.42. The summed E-state index contributed by atoms with van der Waals surface area (Å²) in [5.74, 6) is -0.0743. The van der Waals surface area contributed by atoms with Crippen LogP contribution in [0.3, 0.4) is 0 Å². The predicted molar refractivity (Wildman–Crippen MR) is 74.9 cm³/mol. The lowest BCUT2D eigenvalue weighted by Crippen LogP contribution is -2.24. The number of hydrogen-bond donors (Lipinski definition) is 2. The first-order valence-electron chi connectivity index (χ1n) is 6.29. The van der Waals surface area contributed by atoms with Gasteiger partial charge in [-0.2, -0.15) is 0 Å². The number of carbonyl (C=O) groups is 1. The zero-order valence-corrected chi connectivity index (χ0v) is 11.3. The lowest BCUT2D eigenvalue weighted by molar-refractivity contribution is 0.0963. The van der Waals surface area contributed by atoms with E-state index in [1.54, 1.807) is 13.1 Å². The maximum Gasteiger partial charge on any atom is 0.251 e. The molecular formula is C14H21N3O. The van der Waals surface area contributed by atoms with Crippen molar-refractivity contribution in [3.63, 3.8) is 0 Å². The van der Waals surface area contributed by atoms with Gasteiger partial charge >= 0.3 is 0 Å². The van der Waals surface area contributed by atoms with Gasteiger partial charge in [0.1, 0.15) is 0 Å². The summed E-state index contributed by atoms with van der Waals surface area (Å²) in [5.41, 5.74) is 8.71. The Balaban J connectivity index is 2.30. The third kappa shape index (κ3) is 2.42. The van der Waals surface area contributed by atoms with Gasteiger partial charge < -0.3 is 16.0 Å². The topological polar surface area (TPSA) is 58.4 Å². The van der Waals surface area contributed by atoms with E-state index >= 15 is 0 Å². The molecule has 1 fully saturated rings. The van der Waals surface area contributed by atoms with E-state index in [0.29, 0.717) is 11.0 Å². The van der Waals surface area contributed by atoms with Gasteiger partial charge in [-0.3, -0.25) is 4.79 Å². The van der Waals surface area contributed by atoms with E-state index in [1.807, 2.05) is 12.1 Å². The SMILES string of the molecule is CNC(=O)c1ccc(N)c(N2CCC(C)(C)C2)c1. The van der Waals surface area contributed by atoms with Gasteiger partial charge in [0, 0.05) is 25.7 Å². The molecule has 2 rings (SSSR count). The highest BCUT2D eigenvalue weighted by Crippen LogP contribution is 2.35. The molecule has 0 unspecified atom stereocenters. The van der Waals surface area contributed by atoms with E-state index in [9.17, 15) is 4.79 Å². The van der Waals surface area contributed by atoms with Crippen LogP contribution < -0.4 is 16.0 Å². The van der Waals surface area contributed by atoms with Crippen LogP contribution in [0, 0.1) is 5.41 Å². The van der Waals surface area contributed by atoms with E-state index in [2.05, 4.69) is 24.1 Å². The van der Waals surface area contributed by atoms with Gasteiger partial charge in [-0.05, 0) is 30.0 Å². The fraction of sp³-hybridized carbons (Fsp3) is 0.500. The quantitative estimate of drug-likeness (QED) is 0.784. The Labute approximate surface area is 108 Å². The molecule has 1 saturated heterocycles. The molecule has 0 radical (unpaired) electrons. The Morgan fingerprint density at radius 3 is 2.72 bits per heavy atom. The van der Waals surface area contributed by atoms with E-state index in [-0.39, 0.29) is 5.91 Å². The minimum Gasteiger partial charge on any atom is -0.397 e. The summed E-state index contributed by atoms with van der Waals surface area (Å²) >= 11 is 0. The van der Waals surface area contributed by atoms with Gasteiger partial charge in [-0.15, -0.1) is 0 Å². The molecule has 1 aromatic carbocycles. The van der Waals surface area contributed by atoms with Crippen molar-refractivity contribution >= 4 is 17.3 Å². The largest absolute Gasteiger partial charge is 0.397 e. The molecule has 0 aliphatic carbocycles. The summed E-state index contributed by atoms with van der Waals surface area (Å²) in [7, 11) is 1.64. The van der Waals surface area contributed by atoms with Crippen LogP contribution in [0.25, 0.3) is 0 Å². The summed E-state index contributed by atoms with van der Waals surface area (Å²) in [5, 5.41) is 2.64. The van der Waals surface area contributed by atoms with Gasteiger partial charge in [0.05, 0.1) is 11.4 Å². The first-order valence-corrected chi connectivity index (χ1v) is 6.29. The van der Waals surface area contributed by atoms with Crippen molar-refractivity contribution < 1.29 is 4.79 Å². The van der Waals surface area contributed by atoms with Gasteiger partial charge in [-0.25, -0.2) is 0 Å². The van der Waals surface area contributed by atoms with Crippen molar-refractivity contribution in [1.29, 1.82) is 0 Å². The maximum atomic E-state index is 11.6. The number of rotatable bonds is 2. The molecule has 98 valence electrons. The monoisotopic (exact) mass is 247 g/mol. The van der Waals surface area contributed by atoms with Gasteiger partial charge in [0.25, 0.3) is 5.91 Å². The third-order valence-corrected chi connectivity index (χ3v) is 3.54. The molecule has 1 aliphatic heterocycles. The Morgan fingerprint density at radius 1 is 1.44 bits per heavy atom. The zero-order valence-electron chi connectivity index (χ0n) is 11.3. The zero-order chi connectivity index (χ0) is 13.3. The molecule has 1 aromatic rings. The van der Waals surface area contributed by atoms with Gasteiger partial charge in [-0.1, -0.05) is 13.8 Å². The molecule has 3 N–H and O–H groups in total. The summed E-state index contributed by atoms with van der Waals surface area (Å²) in [6.07, 6.45) is 1.15. The fourth-order valence-electron chi connectivity index (χ4n) is 2.42. The molecule has 4 nitrogen and oxygen atoms in total. The van der Waals surface area contributed by atoms with Crippen molar-refractivity contribution in [3.8, 4) is 0 Å². The van der Waals surface area contributed by atoms with E-state index in [4.69, 9.17) is 5.73 Å². The standard InChI is InChI=1S/C14H21N3O/c1-14(2)6-7-17(9-14)12-8-10(13(18)16-3)4-5-11(12)15/h4-5,8H,6-7,9,15H2,1-3H3,(H,16,18). The smallest absolute Gasteiger partial charge is 0.251 e. The molecule has 1 aliphatic rings. The number of nitrogen functional groups attached to an aromatic ring is 1. The number of hydrogen-bond acceptors (Lipinski definition) is 3. The highest BCUT2D eigenvalue weighted by atomic mass is 16.1. The van der Waals surface area contributed by atoms with Crippen LogP contribution in [0.15, 0.2) is 18.2 Å². The molecule has 1 heterocycles. The average molecular weight is 247 g/mol.